The van der Waals surface area contributed by atoms with Crippen molar-refractivity contribution in [3.63, 3.8) is 0 Å². The van der Waals surface area contributed by atoms with Gasteiger partial charge in [0.15, 0.2) is 11.3 Å². The Hall–Kier alpha value is -2.33. The fourth-order valence-electron chi connectivity index (χ4n) is 4.97. The molecule has 7 nitrogen and oxygen atoms in total. The van der Waals surface area contributed by atoms with E-state index in [9.17, 15) is 27.9 Å². The number of pyridine rings is 1. The van der Waals surface area contributed by atoms with Crippen molar-refractivity contribution in [1.82, 2.24) is 19.2 Å². The van der Waals surface area contributed by atoms with E-state index in [1.165, 1.54) is 11.1 Å². The smallest absolute Gasteiger partial charge is 0.393 e. The van der Waals surface area contributed by atoms with Crippen molar-refractivity contribution in [2.24, 2.45) is 5.92 Å². The van der Waals surface area contributed by atoms with Crippen LogP contribution in [0.2, 0.25) is 5.15 Å². The molecule has 0 spiro atoms. The maximum Gasteiger partial charge on any atom is 0.419 e. The van der Waals surface area contributed by atoms with E-state index in [4.69, 9.17) is 11.6 Å². The molecule has 0 radical (unpaired) electrons. The maximum atomic E-state index is 13.7. The van der Waals surface area contributed by atoms with Gasteiger partial charge in [-0.15, -0.1) is 0 Å². The van der Waals surface area contributed by atoms with Gasteiger partial charge in [-0.2, -0.15) is 13.2 Å². The first-order valence-electron chi connectivity index (χ1n) is 11.1. The second-order valence-electron chi connectivity index (χ2n) is 9.39. The molecule has 5 rings (SSSR count). The predicted molar refractivity (Wildman–Crippen MR) is 113 cm³/mol. The Morgan fingerprint density at radius 3 is 2.55 bits per heavy atom. The van der Waals surface area contributed by atoms with Gasteiger partial charge in [0, 0.05) is 25.3 Å². The van der Waals surface area contributed by atoms with Crippen molar-refractivity contribution >= 4 is 29.1 Å². The number of amides is 2. The van der Waals surface area contributed by atoms with Gasteiger partial charge in [-0.1, -0.05) is 18.5 Å². The van der Waals surface area contributed by atoms with Crippen molar-refractivity contribution in [3.05, 3.63) is 34.2 Å². The highest BCUT2D eigenvalue weighted by molar-refractivity contribution is 6.33. The van der Waals surface area contributed by atoms with Crippen LogP contribution in [0.1, 0.15) is 60.1 Å². The number of carbonyl (C=O) groups excluding carboxylic acids is 2. The Kier molecular flexibility index (Phi) is 5.36. The molecule has 178 valence electrons. The van der Waals surface area contributed by atoms with Crippen LogP contribution in [-0.4, -0.2) is 67.9 Å². The minimum atomic E-state index is -4.65. The van der Waals surface area contributed by atoms with Gasteiger partial charge in [0.1, 0.15) is 11.7 Å². The summed E-state index contributed by atoms with van der Waals surface area (Å²) in [6.07, 6.45) is -0.766. The maximum absolute atomic E-state index is 13.7. The van der Waals surface area contributed by atoms with Crippen molar-refractivity contribution in [1.29, 1.82) is 0 Å². The van der Waals surface area contributed by atoms with Crippen LogP contribution >= 0.6 is 11.6 Å². The number of nitrogens with zero attached hydrogens (tertiary/aromatic N) is 4. The third-order valence-electron chi connectivity index (χ3n) is 7.04. The monoisotopic (exact) mass is 484 g/mol. The molecule has 1 saturated heterocycles. The standard InChI is InChI=1S/C22H24ClF3N4O3/c1-11-6-14(8-16(11)31)29-5-4-28(10-17(29)32)21(33)18-19(23)30-9-13(12-2-3-12)7-15(20(30)27-18)22(24,25)26/h7,9,11-12,14,16,31H,2-6,8,10H2,1H3. The van der Waals surface area contributed by atoms with Crippen LogP contribution in [0.5, 0.6) is 0 Å². The van der Waals surface area contributed by atoms with Gasteiger partial charge < -0.3 is 14.9 Å². The number of rotatable bonds is 3. The highest BCUT2D eigenvalue weighted by Gasteiger charge is 2.41. The summed E-state index contributed by atoms with van der Waals surface area (Å²) in [7, 11) is 0. The Morgan fingerprint density at radius 1 is 1.24 bits per heavy atom. The molecule has 1 aliphatic heterocycles. The van der Waals surface area contributed by atoms with Crippen molar-refractivity contribution < 1.29 is 27.9 Å². The SMILES string of the molecule is CC1CC(N2CCN(C(=O)c3nc4c(C(F)(F)F)cc(C5CC5)cn4c3Cl)CC2=O)CC1O. The number of hydrogen-bond acceptors (Lipinski definition) is 4. The van der Waals surface area contributed by atoms with Crippen LogP contribution in [0.15, 0.2) is 12.3 Å². The Morgan fingerprint density at radius 2 is 1.97 bits per heavy atom. The lowest BCUT2D eigenvalue weighted by molar-refractivity contribution is -0.138. The largest absolute Gasteiger partial charge is 0.419 e. The minimum Gasteiger partial charge on any atom is -0.393 e. The van der Waals surface area contributed by atoms with E-state index in [-0.39, 0.29) is 47.7 Å². The van der Waals surface area contributed by atoms with Crippen LogP contribution < -0.4 is 0 Å². The number of fused-ring (bicyclic) bond motifs is 1. The predicted octanol–water partition coefficient (Wildman–Crippen LogP) is 3.33. The van der Waals surface area contributed by atoms with Crippen LogP contribution in [0, 0.1) is 5.92 Å². The molecule has 0 bridgehead atoms. The van der Waals surface area contributed by atoms with E-state index in [1.54, 1.807) is 4.90 Å². The van der Waals surface area contributed by atoms with E-state index in [0.717, 1.165) is 23.3 Å². The second kappa shape index (κ2) is 7.87. The number of hydrogen-bond donors (Lipinski definition) is 1. The average Bonchev–Trinajstić information content (AvgIpc) is 3.48. The first kappa shape index (κ1) is 22.5. The Balaban J connectivity index is 1.41. The molecule has 2 amide bonds. The van der Waals surface area contributed by atoms with Crippen molar-refractivity contribution in [2.75, 3.05) is 19.6 Å². The van der Waals surface area contributed by atoms with E-state index >= 15 is 0 Å². The zero-order valence-electron chi connectivity index (χ0n) is 18.0. The molecule has 2 saturated carbocycles. The molecule has 11 heteroatoms. The number of alkyl halides is 3. The van der Waals surface area contributed by atoms with Crippen LogP contribution in [0.4, 0.5) is 13.2 Å². The van der Waals surface area contributed by atoms with Gasteiger partial charge in [0.05, 0.1) is 11.7 Å². The van der Waals surface area contributed by atoms with Crippen molar-refractivity contribution in [2.45, 2.75) is 56.8 Å². The number of imidazole rings is 1. The van der Waals surface area contributed by atoms with Crippen LogP contribution in [0.3, 0.4) is 0 Å². The number of piperazine rings is 1. The summed E-state index contributed by atoms with van der Waals surface area (Å²) in [6.45, 7) is 2.24. The quantitative estimate of drug-likeness (QED) is 0.725. The zero-order valence-corrected chi connectivity index (χ0v) is 18.7. The van der Waals surface area contributed by atoms with E-state index in [1.807, 2.05) is 6.92 Å². The summed E-state index contributed by atoms with van der Waals surface area (Å²) in [5.74, 6) is -0.774. The summed E-state index contributed by atoms with van der Waals surface area (Å²) in [4.78, 5) is 32.8. The van der Waals surface area contributed by atoms with E-state index in [2.05, 4.69) is 4.98 Å². The average molecular weight is 485 g/mol. The normalized spacial score (nSPS) is 26.5. The lowest BCUT2D eigenvalue weighted by Crippen LogP contribution is -2.55. The summed E-state index contributed by atoms with van der Waals surface area (Å²) < 4.78 is 42.3. The fraction of sp³-hybridized carbons (Fsp3) is 0.591. The fourth-order valence-corrected chi connectivity index (χ4v) is 5.22. The van der Waals surface area contributed by atoms with E-state index < -0.39 is 29.4 Å². The third-order valence-corrected chi connectivity index (χ3v) is 7.40. The lowest BCUT2D eigenvalue weighted by Gasteiger charge is -2.37. The van der Waals surface area contributed by atoms with Gasteiger partial charge in [0.2, 0.25) is 5.91 Å². The van der Waals surface area contributed by atoms with Crippen LogP contribution in [-0.2, 0) is 11.0 Å². The summed E-state index contributed by atoms with van der Waals surface area (Å²) in [6, 6.07) is 1.01. The molecule has 0 aromatic carbocycles. The molecule has 3 fully saturated rings. The second-order valence-corrected chi connectivity index (χ2v) is 9.75. The molecule has 33 heavy (non-hydrogen) atoms. The Labute approximate surface area is 193 Å². The highest BCUT2D eigenvalue weighted by Crippen LogP contribution is 2.43. The molecule has 2 aromatic rings. The molecule has 3 unspecified atom stereocenters. The third kappa shape index (κ3) is 3.97. The summed E-state index contributed by atoms with van der Waals surface area (Å²) in [5, 5.41) is 9.81. The molecule has 2 aromatic heterocycles. The van der Waals surface area contributed by atoms with Gasteiger partial charge in [0.25, 0.3) is 5.91 Å². The van der Waals surface area contributed by atoms with Gasteiger partial charge in [-0.25, -0.2) is 4.98 Å². The summed E-state index contributed by atoms with van der Waals surface area (Å²) in [5.41, 5.74) is -1.12. The van der Waals surface area contributed by atoms with Gasteiger partial charge >= 0.3 is 6.18 Å². The van der Waals surface area contributed by atoms with Gasteiger partial charge in [-0.05, 0) is 49.1 Å². The number of aliphatic hydroxyl groups excluding tert-OH is 1. The molecule has 2 aliphatic carbocycles. The Bertz CT molecular complexity index is 1120. The molecule has 3 atom stereocenters. The number of halogens is 4. The van der Waals surface area contributed by atoms with Crippen molar-refractivity contribution in [3.8, 4) is 0 Å². The molecular weight excluding hydrogens is 461 g/mol. The lowest BCUT2D eigenvalue weighted by atomic mass is 10.1. The first-order chi connectivity index (χ1) is 15.5. The first-order valence-corrected chi connectivity index (χ1v) is 11.5. The molecular formula is C22H24ClF3N4O3. The summed E-state index contributed by atoms with van der Waals surface area (Å²) >= 11 is 6.35. The number of carbonyl (C=O) groups is 2. The number of aliphatic hydroxyl groups is 1. The van der Waals surface area contributed by atoms with E-state index in [0.29, 0.717) is 24.9 Å². The zero-order chi connectivity index (χ0) is 23.7. The van der Waals surface area contributed by atoms with Crippen LogP contribution in [0.25, 0.3) is 5.65 Å². The minimum absolute atomic E-state index is 0.0515. The topological polar surface area (TPSA) is 78.1 Å². The molecule has 1 N–H and O–H groups in total. The molecule has 3 aliphatic rings. The van der Waals surface area contributed by atoms with Gasteiger partial charge in [-0.3, -0.25) is 14.0 Å². The molecule has 3 heterocycles. The number of aromatic nitrogens is 2. The highest BCUT2D eigenvalue weighted by atomic mass is 35.5.